The van der Waals surface area contributed by atoms with Gasteiger partial charge in [0.2, 0.25) is 0 Å². The molecule has 0 aliphatic heterocycles. The summed E-state index contributed by atoms with van der Waals surface area (Å²) < 4.78 is 34.8. The number of ether oxygens (including phenoxy) is 1. The van der Waals surface area contributed by atoms with Crippen LogP contribution in [0.3, 0.4) is 0 Å². The predicted molar refractivity (Wildman–Crippen MR) is 84.1 cm³/mol. The Kier molecular flexibility index (Phi) is 4.03. The number of hydrogen-bond donors (Lipinski definition) is 1. The van der Waals surface area contributed by atoms with E-state index >= 15 is 0 Å². The lowest BCUT2D eigenvalue weighted by Gasteiger charge is -2.07. The van der Waals surface area contributed by atoms with Gasteiger partial charge in [-0.15, -0.1) is 0 Å². The first-order valence-corrected chi connectivity index (χ1v) is 8.23. The fourth-order valence-corrected chi connectivity index (χ4v) is 2.79. The van der Waals surface area contributed by atoms with Crippen molar-refractivity contribution in [1.29, 1.82) is 0 Å². The quantitative estimate of drug-likeness (QED) is 0.726. The van der Waals surface area contributed by atoms with E-state index in [1.54, 1.807) is 19.1 Å². The van der Waals surface area contributed by atoms with Crippen LogP contribution in [0.4, 0.5) is 0 Å². The van der Waals surface area contributed by atoms with Crippen LogP contribution in [-0.2, 0) is 10.1 Å². The molecule has 1 N–H and O–H groups in total. The summed E-state index contributed by atoms with van der Waals surface area (Å²) in [6.45, 7) is 1.66. The van der Waals surface area contributed by atoms with Gasteiger partial charge in [0.15, 0.2) is 5.03 Å². The maximum absolute atomic E-state index is 12.1. The van der Waals surface area contributed by atoms with E-state index in [4.69, 9.17) is 8.92 Å². The largest absolute Gasteiger partial charge is 0.457 e. The first-order valence-electron chi connectivity index (χ1n) is 6.82. The third kappa shape index (κ3) is 3.70. The maximum Gasteiger partial charge on any atom is 0.356 e. The van der Waals surface area contributed by atoms with E-state index in [0.717, 1.165) is 0 Å². The molecule has 0 saturated carbocycles. The Morgan fingerprint density at radius 3 is 2.13 bits per heavy atom. The third-order valence-electron chi connectivity index (χ3n) is 2.96. The SMILES string of the molecule is Cc1ncc(S(=O)(=O)Oc2ccc(Oc3ccccc3)cc2)[nH]1. The smallest absolute Gasteiger partial charge is 0.356 e. The summed E-state index contributed by atoms with van der Waals surface area (Å²) in [6.07, 6.45) is 1.22. The molecule has 0 saturated heterocycles. The number of aryl methyl sites for hydroxylation is 1. The average molecular weight is 330 g/mol. The van der Waals surface area contributed by atoms with Gasteiger partial charge in [-0.1, -0.05) is 18.2 Å². The molecule has 1 aromatic heterocycles. The minimum Gasteiger partial charge on any atom is -0.457 e. The van der Waals surface area contributed by atoms with Crippen LogP contribution < -0.4 is 8.92 Å². The molecule has 0 unspecified atom stereocenters. The van der Waals surface area contributed by atoms with Crippen molar-refractivity contribution < 1.29 is 17.3 Å². The van der Waals surface area contributed by atoms with Crippen molar-refractivity contribution in [3.63, 3.8) is 0 Å². The second-order valence-corrected chi connectivity index (χ2v) is 6.27. The molecule has 7 heteroatoms. The minimum atomic E-state index is -3.92. The Hall–Kier alpha value is -2.80. The van der Waals surface area contributed by atoms with Crippen LogP contribution in [-0.4, -0.2) is 18.4 Å². The summed E-state index contributed by atoms with van der Waals surface area (Å²) in [5.41, 5.74) is 0. The zero-order valence-corrected chi connectivity index (χ0v) is 13.1. The van der Waals surface area contributed by atoms with Gasteiger partial charge in [0.1, 0.15) is 23.1 Å². The van der Waals surface area contributed by atoms with Crippen molar-refractivity contribution in [3.8, 4) is 17.2 Å². The van der Waals surface area contributed by atoms with Crippen molar-refractivity contribution in [2.45, 2.75) is 11.9 Å². The molecule has 23 heavy (non-hydrogen) atoms. The molecule has 0 radical (unpaired) electrons. The Morgan fingerprint density at radius 2 is 1.52 bits per heavy atom. The molecule has 0 bridgehead atoms. The monoisotopic (exact) mass is 330 g/mol. The van der Waals surface area contributed by atoms with Crippen molar-refractivity contribution in [2.24, 2.45) is 0 Å². The molecule has 0 spiro atoms. The third-order valence-corrected chi connectivity index (χ3v) is 4.12. The zero-order chi connectivity index (χ0) is 16.3. The predicted octanol–water partition coefficient (Wildman–Crippen LogP) is 3.28. The normalized spacial score (nSPS) is 11.2. The lowest BCUT2D eigenvalue weighted by Crippen LogP contribution is -2.10. The Morgan fingerprint density at radius 1 is 0.913 bits per heavy atom. The van der Waals surface area contributed by atoms with Gasteiger partial charge in [-0.2, -0.15) is 8.42 Å². The summed E-state index contributed by atoms with van der Waals surface area (Å²) in [4.78, 5) is 6.48. The summed E-state index contributed by atoms with van der Waals surface area (Å²) in [6, 6.07) is 15.6. The fraction of sp³-hybridized carbons (Fsp3) is 0.0625. The van der Waals surface area contributed by atoms with E-state index in [2.05, 4.69) is 9.97 Å². The topological polar surface area (TPSA) is 81.3 Å². The van der Waals surface area contributed by atoms with Gasteiger partial charge in [0.05, 0.1) is 6.20 Å². The Bertz CT molecular complexity index is 887. The van der Waals surface area contributed by atoms with Gasteiger partial charge < -0.3 is 13.9 Å². The van der Waals surface area contributed by atoms with Crippen LogP contribution in [0.5, 0.6) is 17.2 Å². The van der Waals surface area contributed by atoms with Gasteiger partial charge in [-0.3, -0.25) is 0 Å². The van der Waals surface area contributed by atoms with E-state index in [0.29, 0.717) is 17.3 Å². The van der Waals surface area contributed by atoms with Gasteiger partial charge in [0, 0.05) is 0 Å². The second kappa shape index (κ2) is 6.13. The molecule has 3 aromatic rings. The van der Waals surface area contributed by atoms with Crippen LogP contribution in [0.25, 0.3) is 0 Å². The van der Waals surface area contributed by atoms with Crippen molar-refractivity contribution in [3.05, 3.63) is 66.6 Å². The van der Waals surface area contributed by atoms with Crippen LogP contribution >= 0.6 is 0 Å². The van der Waals surface area contributed by atoms with E-state index in [9.17, 15) is 8.42 Å². The molecule has 0 atom stereocenters. The number of H-pyrrole nitrogens is 1. The molecule has 0 fully saturated rings. The fourth-order valence-electron chi connectivity index (χ4n) is 1.88. The number of rotatable bonds is 5. The number of para-hydroxylation sites is 1. The molecule has 118 valence electrons. The second-order valence-electron chi connectivity index (χ2n) is 4.76. The molecule has 0 aliphatic carbocycles. The number of benzene rings is 2. The first kappa shape index (κ1) is 15.1. The van der Waals surface area contributed by atoms with E-state index in [1.807, 2.05) is 30.3 Å². The maximum atomic E-state index is 12.1. The lowest BCUT2D eigenvalue weighted by atomic mass is 10.3. The van der Waals surface area contributed by atoms with Gasteiger partial charge in [-0.25, -0.2) is 4.98 Å². The summed E-state index contributed by atoms with van der Waals surface area (Å²) in [5, 5.41) is -0.0837. The van der Waals surface area contributed by atoms with Crippen LogP contribution in [0.15, 0.2) is 65.8 Å². The van der Waals surface area contributed by atoms with Crippen molar-refractivity contribution in [2.75, 3.05) is 0 Å². The Labute approximate surface area is 133 Å². The van der Waals surface area contributed by atoms with Gasteiger partial charge in [-0.05, 0) is 43.3 Å². The molecular formula is C16H14N2O4S. The number of aromatic amines is 1. The molecule has 3 rings (SSSR count). The van der Waals surface area contributed by atoms with Gasteiger partial charge in [0.25, 0.3) is 0 Å². The molecule has 6 nitrogen and oxygen atoms in total. The average Bonchev–Trinajstić information content (AvgIpc) is 2.98. The number of nitrogens with zero attached hydrogens (tertiary/aromatic N) is 1. The highest BCUT2D eigenvalue weighted by atomic mass is 32.2. The van der Waals surface area contributed by atoms with E-state index in [-0.39, 0.29) is 10.8 Å². The van der Waals surface area contributed by atoms with Crippen LogP contribution in [0.1, 0.15) is 5.82 Å². The zero-order valence-electron chi connectivity index (χ0n) is 12.3. The molecule has 0 aliphatic rings. The van der Waals surface area contributed by atoms with E-state index in [1.165, 1.54) is 18.3 Å². The number of aromatic nitrogens is 2. The number of imidazole rings is 1. The minimum absolute atomic E-state index is 0.0837. The highest BCUT2D eigenvalue weighted by Crippen LogP contribution is 2.25. The summed E-state index contributed by atoms with van der Waals surface area (Å²) in [5.74, 6) is 1.97. The molecule has 0 amide bonds. The lowest BCUT2D eigenvalue weighted by molar-refractivity contribution is 0.473. The number of nitrogens with one attached hydrogen (secondary N) is 1. The Balaban J connectivity index is 1.72. The summed E-state index contributed by atoms with van der Waals surface area (Å²) in [7, 11) is -3.92. The molecule has 2 aromatic carbocycles. The highest BCUT2D eigenvalue weighted by molar-refractivity contribution is 7.87. The van der Waals surface area contributed by atoms with Gasteiger partial charge >= 0.3 is 10.1 Å². The van der Waals surface area contributed by atoms with Crippen molar-refractivity contribution >= 4 is 10.1 Å². The highest BCUT2D eigenvalue weighted by Gasteiger charge is 2.19. The molecule has 1 heterocycles. The standard InChI is InChI=1S/C16H14N2O4S/c1-12-17-11-16(18-12)23(19,20)22-15-9-7-14(8-10-15)21-13-5-3-2-4-6-13/h2-11H,1H3,(H,17,18). The van der Waals surface area contributed by atoms with Crippen molar-refractivity contribution in [1.82, 2.24) is 9.97 Å². The van der Waals surface area contributed by atoms with Crippen LogP contribution in [0, 0.1) is 6.92 Å². The summed E-state index contributed by atoms with van der Waals surface area (Å²) >= 11 is 0. The van der Waals surface area contributed by atoms with E-state index < -0.39 is 10.1 Å². The number of hydrogen-bond acceptors (Lipinski definition) is 5. The van der Waals surface area contributed by atoms with Crippen LogP contribution in [0.2, 0.25) is 0 Å². The molecular weight excluding hydrogens is 316 g/mol. The first-order chi connectivity index (χ1) is 11.0.